The lowest BCUT2D eigenvalue weighted by Crippen LogP contribution is -2.26. The molecule has 0 atom stereocenters. The number of aromatic nitrogens is 2. The second-order valence-electron chi connectivity index (χ2n) is 5.40. The van der Waals surface area contributed by atoms with E-state index in [9.17, 15) is 8.42 Å². The van der Waals surface area contributed by atoms with Crippen LogP contribution in [0.5, 0.6) is 0 Å². The first-order valence-corrected chi connectivity index (χ1v) is 8.32. The highest BCUT2D eigenvalue weighted by molar-refractivity contribution is 7.89. The molecule has 0 saturated heterocycles. The van der Waals surface area contributed by atoms with E-state index in [1.54, 1.807) is 24.9 Å². The summed E-state index contributed by atoms with van der Waals surface area (Å²) in [5, 5.41) is 4.28. The van der Waals surface area contributed by atoms with Crippen LogP contribution in [-0.2, 0) is 16.6 Å². The van der Waals surface area contributed by atoms with Gasteiger partial charge in [-0.1, -0.05) is 30.3 Å². The Bertz CT molecular complexity index is 706. The zero-order valence-electron chi connectivity index (χ0n) is 12.8. The normalized spacial score (nSPS) is 12.3. The molecule has 2 aromatic rings. The number of rotatable bonds is 5. The van der Waals surface area contributed by atoms with Gasteiger partial charge in [-0.15, -0.1) is 0 Å². The molecule has 0 radical (unpaired) electrons. The van der Waals surface area contributed by atoms with Gasteiger partial charge in [0.05, 0.1) is 5.69 Å². The van der Waals surface area contributed by atoms with E-state index in [0.717, 1.165) is 5.56 Å². The number of sulfonamides is 1. The lowest BCUT2D eigenvalue weighted by Gasteiger charge is -2.16. The number of hydrogen-bond acceptors (Lipinski definition) is 3. The van der Waals surface area contributed by atoms with E-state index < -0.39 is 10.0 Å². The second kappa shape index (κ2) is 5.99. The average Bonchev–Trinajstić information content (AvgIpc) is 2.83. The highest BCUT2D eigenvalue weighted by Gasteiger charge is 2.25. The van der Waals surface area contributed by atoms with Gasteiger partial charge in [-0.05, 0) is 26.3 Å². The molecule has 0 N–H and O–H groups in total. The molecule has 1 aromatic heterocycles. The van der Waals surface area contributed by atoms with E-state index in [4.69, 9.17) is 0 Å². The van der Waals surface area contributed by atoms with Gasteiger partial charge in [0, 0.05) is 25.8 Å². The molecule has 0 fully saturated rings. The van der Waals surface area contributed by atoms with Crippen LogP contribution in [-0.4, -0.2) is 29.6 Å². The molecule has 0 saturated carbocycles. The predicted octanol–water partition coefficient (Wildman–Crippen LogP) is 2.59. The highest BCUT2D eigenvalue weighted by Crippen LogP contribution is 2.21. The summed E-state index contributed by atoms with van der Waals surface area (Å²) >= 11 is 0. The second-order valence-corrected chi connectivity index (χ2v) is 7.41. The molecule has 0 aliphatic carbocycles. The van der Waals surface area contributed by atoms with E-state index in [1.165, 1.54) is 4.31 Å². The molecule has 21 heavy (non-hydrogen) atoms. The Hall–Kier alpha value is -1.66. The van der Waals surface area contributed by atoms with Crippen molar-refractivity contribution in [2.45, 2.75) is 38.3 Å². The summed E-state index contributed by atoms with van der Waals surface area (Å²) in [5.74, 6) is 0. The number of aryl methyl sites for hydroxylation is 1. The van der Waals surface area contributed by atoms with Gasteiger partial charge >= 0.3 is 0 Å². The summed E-state index contributed by atoms with van der Waals surface area (Å²) in [6, 6.07) is 9.67. The zero-order chi connectivity index (χ0) is 15.6. The third kappa shape index (κ3) is 3.33. The summed E-state index contributed by atoms with van der Waals surface area (Å²) in [4.78, 5) is 0.273. The Morgan fingerprint density at radius 1 is 1.24 bits per heavy atom. The molecule has 0 amide bonds. The van der Waals surface area contributed by atoms with Crippen LogP contribution >= 0.6 is 0 Å². The summed E-state index contributed by atoms with van der Waals surface area (Å²) < 4.78 is 28.4. The van der Waals surface area contributed by atoms with Crippen molar-refractivity contribution in [3.05, 3.63) is 47.8 Å². The number of nitrogens with zero attached hydrogens (tertiary/aromatic N) is 3. The fraction of sp³-hybridized carbons (Fsp3) is 0.400. The van der Waals surface area contributed by atoms with Crippen LogP contribution in [0.3, 0.4) is 0 Å². The maximum absolute atomic E-state index is 12.7. The Labute approximate surface area is 126 Å². The molecule has 1 heterocycles. The van der Waals surface area contributed by atoms with Gasteiger partial charge in [-0.2, -0.15) is 9.40 Å². The highest BCUT2D eigenvalue weighted by atomic mass is 32.2. The number of hydrogen-bond donors (Lipinski definition) is 0. The molecule has 0 unspecified atom stereocenters. The molecular weight excluding hydrogens is 286 g/mol. The smallest absolute Gasteiger partial charge is 0.246 e. The molecule has 6 heteroatoms. The van der Waals surface area contributed by atoms with Gasteiger partial charge in [-0.3, -0.25) is 4.68 Å². The summed E-state index contributed by atoms with van der Waals surface area (Å²) in [7, 11) is -1.94. The molecule has 0 aliphatic rings. The molecule has 114 valence electrons. The molecule has 1 aromatic carbocycles. The van der Waals surface area contributed by atoms with Crippen molar-refractivity contribution in [2.24, 2.45) is 0 Å². The third-order valence-electron chi connectivity index (χ3n) is 3.34. The fourth-order valence-electron chi connectivity index (χ4n) is 2.08. The Morgan fingerprint density at radius 2 is 1.86 bits per heavy atom. The predicted molar refractivity (Wildman–Crippen MR) is 82.4 cm³/mol. The lowest BCUT2D eigenvalue weighted by molar-refractivity contribution is 0.466. The van der Waals surface area contributed by atoms with Crippen molar-refractivity contribution < 1.29 is 8.42 Å². The molecule has 5 nitrogen and oxygen atoms in total. The van der Waals surface area contributed by atoms with Crippen LogP contribution in [0.4, 0.5) is 0 Å². The van der Waals surface area contributed by atoms with E-state index in [0.29, 0.717) is 12.2 Å². The molecule has 0 aliphatic heterocycles. The van der Waals surface area contributed by atoms with Crippen LogP contribution in [0, 0.1) is 6.92 Å². The van der Waals surface area contributed by atoms with Crippen LogP contribution in [0.15, 0.2) is 41.4 Å². The van der Waals surface area contributed by atoms with Gasteiger partial charge in [-0.25, -0.2) is 8.42 Å². The SMILES string of the molecule is Cc1nn(C(C)C)cc1S(=O)(=O)N(C)Cc1ccccc1. The molecule has 0 bridgehead atoms. The van der Waals surface area contributed by atoms with E-state index in [1.807, 2.05) is 44.2 Å². The first-order chi connectivity index (χ1) is 9.82. The standard InChI is InChI=1S/C15H21N3O2S/c1-12(2)18-11-15(13(3)16-18)21(19,20)17(4)10-14-8-6-5-7-9-14/h5-9,11-12H,10H2,1-4H3. The summed E-state index contributed by atoms with van der Waals surface area (Å²) in [6.07, 6.45) is 1.61. The maximum atomic E-state index is 12.7. The third-order valence-corrected chi connectivity index (χ3v) is 5.24. The molecule has 2 rings (SSSR count). The van der Waals surface area contributed by atoms with Crippen molar-refractivity contribution >= 4 is 10.0 Å². The Balaban J connectivity index is 2.29. The van der Waals surface area contributed by atoms with Crippen molar-refractivity contribution in [1.29, 1.82) is 0 Å². The molecule has 0 spiro atoms. The minimum Gasteiger partial charge on any atom is -0.269 e. The van der Waals surface area contributed by atoms with E-state index in [2.05, 4.69) is 5.10 Å². The van der Waals surface area contributed by atoms with Gasteiger partial charge in [0.15, 0.2) is 0 Å². The van der Waals surface area contributed by atoms with Crippen molar-refractivity contribution in [3.8, 4) is 0 Å². The van der Waals surface area contributed by atoms with Gasteiger partial charge in [0.25, 0.3) is 0 Å². The summed E-state index contributed by atoms with van der Waals surface area (Å²) in [6.45, 7) is 6.00. The molecular formula is C15H21N3O2S. The van der Waals surface area contributed by atoms with E-state index >= 15 is 0 Å². The minimum absolute atomic E-state index is 0.132. The monoisotopic (exact) mass is 307 g/mol. The van der Waals surface area contributed by atoms with E-state index in [-0.39, 0.29) is 10.9 Å². The van der Waals surface area contributed by atoms with Crippen molar-refractivity contribution in [1.82, 2.24) is 14.1 Å². The lowest BCUT2D eigenvalue weighted by atomic mass is 10.2. The van der Waals surface area contributed by atoms with Crippen molar-refractivity contribution in [3.63, 3.8) is 0 Å². The quantitative estimate of drug-likeness (QED) is 0.853. The first kappa shape index (κ1) is 15.7. The summed E-state index contributed by atoms with van der Waals surface area (Å²) in [5.41, 5.74) is 1.49. The van der Waals surface area contributed by atoms with Crippen LogP contribution in [0.2, 0.25) is 0 Å². The van der Waals surface area contributed by atoms with Gasteiger partial charge in [0.1, 0.15) is 4.90 Å². The average molecular weight is 307 g/mol. The van der Waals surface area contributed by atoms with Crippen molar-refractivity contribution in [2.75, 3.05) is 7.05 Å². The minimum atomic E-state index is -3.53. The largest absolute Gasteiger partial charge is 0.269 e. The topological polar surface area (TPSA) is 55.2 Å². The Morgan fingerprint density at radius 3 is 2.38 bits per heavy atom. The van der Waals surface area contributed by atoms with Crippen LogP contribution in [0.25, 0.3) is 0 Å². The van der Waals surface area contributed by atoms with Crippen LogP contribution < -0.4 is 0 Å². The Kier molecular flexibility index (Phi) is 4.49. The number of benzene rings is 1. The first-order valence-electron chi connectivity index (χ1n) is 6.88. The maximum Gasteiger partial charge on any atom is 0.246 e. The van der Waals surface area contributed by atoms with Crippen LogP contribution in [0.1, 0.15) is 31.1 Å². The zero-order valence-corrected chi connectivity index (χ0v) is 13.6. The fourth-order valence-corrected chi connectivity index (χ4v) is 3.39. The van der Waals surface area contributed by atoms with Gasteiger partial charge < -0.3 is 0 Å². The van der Waals surface area contributed by atoms with Gasteiger partial charge in [0.2, 0.25) is 10.0 Å².